The van der Waals surface area contributed by atoms with Crippen molar-refractivity contribution in [3.05, 3.63) is 33.5 Å². The molecule has 0 spiro atoms. The fourth-order valence-corrected chi connectivity index (χ4v) is 3.06. The number of methoxy groups -OCH3 is 1. The molecule has 0 atom stereocenters. The summed E-state index contributed by atoms with van der Waals surface area (Å²) in [6.07, 6.45) is 0. The standard InChI is InChI=1S/C13H12INO2S/c1-8-5-12(18-7-13(16)17-2)10-6-9(14)3-4-11(10)15-8/h3-6H,7H2,1-2H3. The van der Waals surface area contributed by atoms with Crippen molar-refractivity contribution in [2.75, 3.05) is 12.9 Å². The van der Waals surface area contributed by atoms with Crippen LogP contribution in [0.25, 0.3) is 10.9 Å². The second kappa shape index (κ2) is 5.88. The van der Waals surface area contributed by atoms with Gasteiger partial charge in [0.15, 0.2) is 0 Å². The third-order valence-electron chi connectivity index (χ3n) is 2.43. The fourth-order valence-electron chi connectivity index (χ4n) is 1.61. The van der Waals surface area contributed by atoms with Crippen LogP contribution in [0.15, 0.2) is 29.2 Å². The summed E-state index contributed by atoms with van der Waals surface area (Å²) in [6.45, 7) is 1.96. The molecule has 0 aliphatic heterocycles. The van der Waals surface area contributed by atoms with Crippen molar-refractivity contribution in [1.29, 1.82) is 0 Å². The number of fused-ring (bicyclic) bond motifs is 1. The van der Waals surface area contributed by atoms with E-state index in [1.54, 1.807) is 0 Å². The van der Waals surface area contributed by atoms with Crippen LogP contribution in [0, 0.1) is 10.5 Å². The molecule has 0 radical (unpaired) electrons. The molecule has 0 aliphatic carbocycles. The Morgan fingerprint density at radius 2 is 2.22 bits per heavy atom. The molecule has 0 saturated heterocycles. The highest BCUT2D eigenvalue weighted by Crippen LogP contribution is 2.29. The highest BCUT2D eigenvalue weighted by Gasteiger charge is 2.08. The number of carbonyl (C=O) groups is 1. The zero-order chi connectivity index (χ0) is 13.1. The van der Waals surface area contributed by atoms with Gasteiger partial charge in [0, 0.05) is 19.5 Å². The van der Waals surface area contributed by atoms with Gasteiger partial charge in [-0.25, -0.2) is 0 Å². The van der Waals surface area contributed by atoms with Gasteiger partial charge >= 0.3 is 5.97 Å². The number of aromatic nitrogens is 1. The summed E-state index contributed by atoms with van der Waals surface area (Å²) in [5.74, 6) is 0.105. The molecule has 5 heteroatoms. The van der Waals surface area contributed by atoms with E-state index in [-0.39, 0.29) is 5.97 Å². The smallest absolute Gasteiger partial charge is 0.315 e. The number of pyridine rings is 1. The second-order valence-electron chi connectivity index (χ2n) is 3.79. The predicted octanol–water partition coefficient (Wildman–Crippen LogP) is 3.41. The van der Waals surface area contributed by atoms with E-state index in [1.807, 2.05) is 25.1 Å². The zero-order valence-corrected chi connectivity index (χ0v) is 13.0. The Balaban J connectivity index is 2.41. The molecule has 0 fully saturated rings. The normalized spacial score (nSPS) is 10.6. The average Bonchev–Trinajstić information content (AvgIpc) is 2.36. The van der Waals surface area contributed by atoms with Crippen molar-refractivity contribution in [2.45, 2.75) is 11.8 Å². The van der Waals surface area contributed by atoms with E-state index in [2.05, 4.69) is 38.4 Å². The highest BCUT2D eigenvalue weighted by molar-refractivity contribution is 14.1. The molecule has 0 aliphatic rings. The van der Waals surface area contributed by atoms with E-state index in [1.165, 1.54) is 18.9 Å². The summed E-state index contributed by atoms with van der Waals surface area (Å²) in [5.41, 5.74) is 1.92. The Morgan fingerprint density at radius 1 is 1.44 bits per heavy atom. The first-order valence-electron chi connectivity index (χ1n) is 5.36. The molecule has 0 unspecified atom stereocenters. The maximum atomic E-state index is 11.2. The molecule has 1 aromatic heterocycles. The number of thioether (sulfide) groups is 1. The lowest BCUT2D eigenvalue weighted by atomic mass is 10.2. The van der Waals surface area contributed by atoms with Crippen molar-refractivity contribution >= 4 is 51.2 Å². The van der Waals surface area contributed by atoms with Gasteiger partial charge in [0.1, 0.15) is 0 Å². The van der Waals surface area contributed by atoms with Gasteiger partial charge in [0.25, 0.3) is 0 Å². The summed E-state index contributed by atoms with van der Waals surface area (Å²) in [6, 6.07) is 8.13. The fraction of sp³-hybridized carbons (Fsp3) is 0.231. The molecule has 2 aromatic rings. The molecule has 0 amide bonds. The Hall–Kier alpha value is -0.820. The molecule has 0 N–H and O–H groups in total. The van der Waals surface area contributed by atoms with Crippen LogP contribution in [-0.2, 0) is 9.53 Å². The summed E-state index contributed by atoms with van der Waals surface area (Å²) in [4.78, 5) is 16.8. The first-order chi connectivity index (χ1) is 8.60. The van der Waals surface area contributed by atoms with Gasteiger partial charge in [-0.2, -0.15) is 0 Å². The van der Waals surface area contributed by atoms with Gasteiger partial charge in [-0.05, 0) is 53.8 Å². The monoisotopic (exact) mass is 373 g/mol. The van der Waals surface area contributed by atoms with E-state index in [0.29, 0.717) is 5.75 Å². The lowest BCUT2D eigenvalue weighted by Gasteiger charge is -2.07. The number of hydrogen-bond donors (Lipinski definition) is 0. The van der Waals surface area contributed by atoms with E-state index in [9.17, 15) is 4.79 Å². The van der Waals surface area contributed by atoms with E-state index >= 15 is 0 Å². The molecule has 1 heterocycles. The lowest BCUT2D eigenvalue weighted by molar-refractivity contribution is -0.137. The number of ether oxygens (including phenoxy) is 1. The molecule has 2 rings (SSSR count). The highest BCUT2D eigenvalue weighted by atomic mass is 127. The third-order valence-corrected chi connectivity index (χ3v) is 4.13. The minimum Gasteiger partial charge on any atom is -0.468 e. The van der Waals surface area contributed by atoms with Crippen LogP contribution in [0.4, 0.5) is 0 Å². The molecule has 1 aromatic carbocycles. The summed E-state index contributed by atoms with van der Waals surface area (Å²) < 4.78 is 5.82. The SMILES string of the molecule is COC(=O)CSc1cc(C)nc2ccc(I)cc12. The van der Waals surface area contributed by atoms with Crippen molar-refractivity contribution < 1.29 is 9.53 Å². The average molecular weight is 373 g/mol. The van der Waals surface area contributed by atoms with E-state index in [4.69, 9.17) is 0 Å². The van der Waals surface area contributed by atoms with Gasteiger partial charge in [-0.15, -0.1) is 11.8 Å². The maximum absolute atomic E-state index is 11.2. The topological polar surface area (TPSA) is 39.2 Å². The molecular formula is C13H12INO2S. The maximum Gasteiger partial charge on any atom is 0.315 e. The summed E-state index contributed by atoms with van der Waals surface area (Å²) in [5, 5.41) is 1.08. The van der Waals surface area contributed by atoms with E-state index < -0.39 is 0 Å². The van der Waals surface area contributed by atoms with Gasteiger partial charge in [0.05, 0.1) is 18.4 Å². The van der Waals surface area contributed by atoms with Gasteiger partial charge < -0.3 is 4.74 Å². The Morgan fingerprint density at radius 3 is 2.94 bits per heavy atom. The van der Waals surface area contributed by atoms with Crippen LogP contribution < -0.4 is 0 Å². The number of esters is 1. The second-order valence-corrected chi connectivity index (χ2v) is 6.05. The van der Waals surface area contributed by atoms with Gasteiger partial charge in [0.2, 0.25) is 0 Å². The van der Waals surface area contributed by atoms with Crippen LogP contribution in [0.2, 0.25) is 0 Å². The first kappa shape index (κ1) is 13.6. The third kappa shape index (κ3) is 3.14. The van der Waals surface area contributed by atoms with Crippen LogP contribution in [0.5, 0.6) is 0 Å². The Kier molecular flexibility index (Phi) is 4.45. The van der Waals surface area contributed by atoms with Crippen LogP contribution >= 0.6 is 34.4 Å². The van der Waals surface area contributed by atoms with Crippen LogP contribution in [-0.4, -0.2) is 23.8 Å². The van der Waals surface area contributed by atoms with E-state index in [0.717, 1.165) is 25.1 Å². The van der Waals surface area contributed by atoms with Crippen LogP contribution in [0.3, 0.4) is 0 Å². The number of benzene rings is 1. The van der Waals surface area contributed by atoms with Crippen molar-refractivity contribution in [1.82, 2.24) is 4.98 Å². The Labute approximate surface area is 123 Å². The molecule has 0 bridgehead atoms. The summed E-state index contributed by atoms with van der Waals surface area (Å²) >= 11 is 3.76. The van der Waals surface area contributed by atoms with Crippen molar-refractivity contribution in [2.24, 2.45) is 0 Å². The molecule has 3 nitrogen and oxygen atoms in total. The summed E-state index contributed by atoms with van der Waals surface area (Å²) in [7, 11) is 1.40. The number of hydrogen-bond acceptors (Lipinski definition) is 4. The molecular weight excluding hydrogens is 361 g/mol. The Bertz CT molecular complexity index is 601. The van der Waals surface area contributed by atoms with Crippen LogP contribution in [0.1, 0.15) is 5.69 Å². The molecule has 0 saturated carbocycles. The number of halogens is 1. The predicted molar refractivity (Wildman–Crippen MR) is 81.9 cm³/mol. The molecule has 18 heavy (non-hydrogen) atoms. The van der Waals surface area contributed by atoms with Gasteiger partial charge in [-0.1, -0.05) is 0 Å². The number of rotatable bonds is 3. The zero-order valence-electron chi connectivity index (χ0n) is 10.1. The minimum atomic E-state index is -0.215. The largest absolute Gasteiger partial charge is 0.468 e. The van der Waals surface area contributed by atoms with Crippen molar-refractivity contribution in [3.8, 4) is 0 Å². The first-order valence-corrected chi connectivity index (χ1v) is 7.43. The lowest BCUT2D eigenvalue weighted by Crippen LogP contribution is -2.03. The van der Waals surface area contributed by atoms with Crippen molar-refractivity contribution in [3.63, 3.8) is 0 Å². The minimum absolute atomic E-state index is 0.215. The number of nitrogens with zero attached hydrogens (tertiary/aromatic N) is 1. The number of carbonyl (C=O) groups excluding carboxylic acids is 1. The quantitative estimate of drug-likeness (QED) is 0.470. The number of aryl methyl sites for hydroxylation is 1. The van der Waals surface area contributed by atoms with Gasteiger partial charge in [-0.3, -0.25) is 9.78 Å². The molecule has 94 valence electrons.